The molecule has 0 aliphatic carbocycles. The molecule has 6 aromatic rings. The number of nitrogens with zero attached hydrogens (tertiary/aromatic N) is 3. The normalized spacial score (nSPS) is 16.2. The predicted molar refractivity (Wildman–Crippen MR) is 179 cm³/mol. The summed E-state index contributed by atoms with van der Waals surface area (Å²) in [5.74, 6) is 0. The molecule has 0 aromatic heterocycles. The van der Waals surface area contributed by atoms with Crippen molar-refractivity contribution in [3.8, 4) is 0 Å². The number of rotatable bonds is 2. The van der Waals surface area contributed by atoms with E-state index in [1.807, 2.05) is 11.8 Å². The molecule has 0 bridgehead atoms. The molecule has 0 spiro atoms. The van der Waals surface area contributed by atoms with Crippen LogP contribution in [0.2, 0.25) is 0 Å². The maximum Gasteiger partial charge on any atom is 0.255 e. The van der Waals surface area contributed by atoms with Gasteiger partial charge in [0.2, 0.25) is 0 Å². The van der Waals surface area contributed by atoms with Crippen LogP contribution >= 0.6 is 11.8 Å². The minimum atomic E-state index is -0.301. The SMILES string of the molecule is CC1(C)N(c2ccccc2)c2ccc3c4c2N1c1cccc2c1B4c1c(cccc1N2c1cccc2ccccc12)S3. The molecule has 5 heteroatoms. The van der Waals surface area contributed by atoms with Gasteiger partial charge in [-0.25, -0.2) is 0 Å². The molecule has 0 fully saturated rings. The van der Waals surface area contributed by atoms with Crippen LogP contribution < -0.4 is 31.1 Å². The van der Waals surface area contributed by atoms with Gasteiger partial charge in [-0.05, 0) is 90.2 Å². The second kappa shape index (κ2) is 7.81. The van der Waals surface area contributed by atoms with Crippen LogP contribution in [0.15, 0.2) is 131 Å². The summed E-state index contributed by atoms with van der Waals surface area (Å²) in [4.78, 5) is 10.4. The molecule has 6 aromatic carbocycles. The molecule has 0 radical (unpaired) electrons. The average Bonchev–Trinajstić information content (AvgIpc) is 3.27. The van der Waals surface area contributed by atoms with E-state index in [9.17, 15) is 0 Å². The third kappa shape index (κ3) is 2.66. The van der Waals surface area contributed by atoms with Crippen LogP contribution in [0.1, 0.15) is 13.8 Å². The van der Waals surface area contributed by atoms with Gasteiger partial charge in [0, 0.05) is 37.9 Å². The van der Waals surface area contributed by atoms with Gasteiger partial charge in [-0.2, -0.15) is 0 Å². The van der Waals surface area contributed by atoms with Crippen molar-refractivity contribution >= 4 is 85.4 Å². The monoisotopic (exact) mass is 555 g/mol. The number of hydrogen-bond acceptors (Lipinski definition) is 4. The van der Waals surface area contributed by atoms with Crippen LogP contribution in [0.25, 0.3) is 10.8 Å². The highest BCUT2D eigenvalue weighted by Gasteiger charge is 2.55. The fourth-order valence-corrected chi connectivity index (χ4v) is 9.33. The Morgan fingerprint density at radius 2 is 1.19 bits per heavy atom. The first-order chi connectivity index (χ1) is 20.6. The van der Waals surface area contributed by atoms with E-state index in [-0.39, 0.29) is 12.4 Å². The Kier molecular flexibility index (Phi) is 4.28. The van der Waals surface area contributed by atoms with Gasteiger partial charge in [-0.1, -0.05) is 78.5 Å². The molecule has 0 amide bonds. The Morgan fingerprint density at radius 1 is 0.524 bits per heavy atom. The molecule has 0 saturated heterocycles. The lowest BCUT2D eigenvalue weighted by molar-refractivity contribution is 0.541. The first-order valence-corrected chi connectivity index (χ1v) is 15.5. The average molecular weight is 556 g/mol. The van der Waals surface area contributed by atoms with E-state index in [2.05, 4.69) is 150 Å². The molecule has 4 aliphatic heterocycles. The molecule has 0 atom stereocenters. The fourth-order valence-electron chi connectivity index (χ4n) is 8.15. The largest absolute Gasteiger partial charge is 0.317 e. The number of para-hydroxylation sites is 1. The topological polar surface area (TPSA) is 9.72 Å². The van der Waals surface area contributed by atoms with Gasteiger partial charge in [-0.15, -0.1) is 0 Å². The minimum Gasteiger partial charge on any atom is -0.317 e. The van der Waals surface area contributed by atoms with E-state index in [1.165, 1.54) is 76.8 Å². The molecule has 0 saturated carbocycles. The minimum absolute atomic E-state index is 0.197. The lowest BCUT2D eigenvalue weighted by Gasteiger charge is -2.48. The highest BCUT2D eigenvalue weighted by atomic mass is 32.2. The molecule has 4 aliphatic rings. The lowest BCUT2D eigenvalue weighted by atomic mass is 9.33. The first kappa shape index (κ1) is 23.0. The molecule has 198 valence electrons. The van der Waals surface area contributed by atoms with Crippen LogP contribution in [0, 0.1) is 0 Å². The first-order valence-electron chi connectivity index (χ1n) is 14.7. The third-order valence-electron chi connectivity index (χ3n) is 9.65. The van der Waals surface area contributed by atoms with Gasteiger partial charge in [0.1, 0.15) is 5.66 Å². The summed E-state index contributed by atoms with van der Waals surface area (Å²) in [6.45, 7) is 4.93. The zero-order chi connectivity index (χ0) is 27.7. The van der Waals surface area contributed by atoms with E-state index in [0.717, 1.165) is 0 Å². The summed E-state index contributed by atoms with van der Waals surface area (Å²) in [5, 5.41) is 2.53. The van der Waals surface area contributed by atoms with E-state index in [1.54, 1.807) is 0 Å². The Bertz CT molecular complexity index is 2130. The van der Waals surface area contributed by atoms with Crippen molar-refractivity contribution in [3.63, 3.8) is 0 Å². The van der Waals surface area contributed by atoms with Crippen molar-refractivity contribution in [1.82, 2.24) is 0 Å². The Labute approximate surface area is 250 Å². The van der Waals surface area contributed by atoms with E-state index in [4.69, 9.17) is 0 Å². The highest BCUT2D eigenvalue weighted by molar-refractivity contribution is 8.00. The summed E-state index contributed by atoms with van der Waals surface area (Å²) in [5.41, 5.74) is 13.0. The van der Waals surface area contributed by atoms with Crippen LogP contribution in [-0.2, 0) is 0 Å². The summed E-state index contributed by atoms with van der Waals surface area (Å²) < 4.78 is 0. The summed E-state index contributed by atoms with van der Waals surface area (Å²) >= 11 is 1.93. The van der Waals surface area contributed by atoms with Gasteiger partial charge in [-0.3, -0.25) is 0 Å². The lowest BCUT2D eigenvalue weighted by Crippen LogP contribution is -2.65. The van der Waals surface area contributed by atoms with E-state index >= 15 is 0 Å². The van der Waals surface area contributed by atoms with Crippen molar-refractivity contribution in [3.05, 3.63) is 121 Å². The molecule has 10 rings (SSSR count). The second-order valence-electron chi connectivity index (χ2n) is 12.1. The quantitative estimate of drug-likeness (QED) is 0.200. The van der Waals surface area contributed by atoms with Crippen LogP contribution in [0.3, 0.4) is 0 Å². The molecule has 0 unspecified atom stereocenters. The van der Waals surface area contributed by atoms with Crippen molar-refractivity contribution in [1.29, 1.82) is 0 Å². The Balaban J connectivity index is 1.32. The Morgan fingerprint density at radius 3 is 2.07 bits per heavy atom. The molecule has 3 nitrogen and oxygen atoms in total. The van der Waals surface area contributed by atoms with Crippen molar-refractivity contribution in [2.24, 2.45) is 0 Å². The number of anilines is 7. The molecular formula is C37H26BN3S. The van der Waals surface area contributed by atoms with Gasteiger partial charge in [0.15, 0.2) is 0 Å². The van der Waals surface area contributed by atoms with Gasteiger partial charge in [0.25, 0.3) is 6.71 Å². The van der Waals surface area contributed by atoms with Gasteiger partial charge < -0.3 is 14.7 Å². The smallest absolute Gasteiger partial charge is 0.255 e. The third-order valence-corrected chi connectivity index (χ3v) is 10.8. The Hall–Kier alpha value is -4.61. The zero-order valence-electron chi connectivity index (χ0n) is 23.4. The predicted octanol–water partition coefficient (Wildman–Crippen LogP) is 7.94. The molecule has 4 heterocycles. The summed E-state index contributed by atoms with van der Waals surface area (Å²) in [6.07, 6.45) is 0. The van der Waals surface area contributed by atoms with Crippen LogP contribution in [-0.4, -0.2) is 12.4 Å². The molecule has 42 heavy (non-hydrogen) atoms. The number of benzene rings is 6. The number of hydrogen-bond donors (Lipinski definition) is 0. The summed E-state index contributed by atoms with van der Waals surface area (Å²) in [6, 6.07) is 44.9. The summed E-state index contributed by atoms with van der Waals surface area (Å²) in [7, 11) is 0. The van der Waals surface area contributed by atoms with Crippen molar-refractivity contribution < 1.29 is 0 Å². The molecular weight excluding hydrogens is 529 g/mol. The highest BCUT2D eigenvalue weighted by Crippen LogP contribution is 2.57. The van der Waals surface area contributed by atoms with Gasteiger partial charge in [0.05, 0.1) is 17.1 Å². The standard InChI is InChI=1S/C37H26BN3S/c1-37(2)40(24-13-4-3-5-14-24)30-21-22-32-35-36(30)41(37)29-19-9-17-27-33(29)38(35)34-28(18-10-20-31(34)42-32)39(27)26-16-8-12-23-11-6-7-15-25(23)26/h3-22H,1-2H3. The zero-order valence-corrected chi connectivity index (χ0v) is 24.2. The maximum absolute atomic E-state index is 2.63. The van der Waals surface area contributed by atoms with Crippen LogP contribution in [0.5, 0.6) is 0 Å². The van der Waals surface area contributed by atoms with Gasteiger partial charge >= 0.3 is 0 Å². The van der Waals surface area contributed by atoms with E-state index < -0.39 is 0 Å². The molecule has 0 N–H and O–H groups in total. The van der Waals surface area contributed by atoms with E-state index in [0.29, 0.717) is 0 Å². The maximum atomic E-state index is 2.63. The van der Waals surface area contributed by atoms with Crippen molar-refractivity contribution in [2.75, 3.05) is 14.7 Å². The fraction of sp³-hybridized carbons (Fsp3) is 0.0811. The van der Waals surface area contributed by atoms with Crippen LogP contribution in [0.4, 0.5) is 39.8 Å². The second-order valence-corrected chi connectivity index (χ2v) is 13.2. The van der Waals surface area contributed by atoms with Crippen molar-refractivity contribution in [2.45, 2.75) is 29.3 Å². The number of fused-ring (bicyclic) bond motifs is 2.